The first-order valence-electron chi connectivity index (χ1n) is 7.32. The smallest absolute Gasteiger partial charge is 0.408 e. The number of carbonyl (C=O) groups excluding carboxylic acids is 2. The molecule has 0 unspecified atom stereocenters. The summed E-state index contributed by atoms with van der Waals surface area (Å²) in [5.41, 5.74) is -0.562. The van der Waals surface area contributed by atoms with E-state index in [0.29, 0.717) is 6.42 Å². The average Bonchev–Trinajstić information content (AvgIpc) is 2.35. The standard InChI is InChI=1S/C14H27N3O3/c1-5-11(17-13(19)20-14(2,3)4)12(18)16-10-6-8-15-9-7-10/h10-11,15H,5-9H2,1-4H3,(H,16,18)(H,17,19)/t11-/m0/s1. The van der Waals surface area contributed by atoms with Crippen LogP contribution in [0.3, 0.4) is 0 Å². The molecule has 6 nitrogen and oxygen atoms in total. The molecule has 0 saturated carbocycles. The maximum atomic E-state index is 12.1. The Labute approximate surface area is 121 Å². The second-order valence-electron chi connectivity index (χ2n) is 6.14. The summed E-state index contributed by atoms with van der Waals surface area (Å²) >= 11 is 0. The second kappa shape index (κ2) is 7.47. The van der Waals surface area contributed by atoms with Gasteiger partial charge in [0.05, 0.1) is 0 Å². The van der Waals surface area contributed by atoms with Crippen LogP contribution in [-0.4, -0.2) is 42.8 Å². The lowest BCUT2D eigenvalue weighted by Crippen LogP contribution is -2.52. The highest BCUT2D eigenvalue weighted by Crippen LogP contribution is 2.08. The summed E-state index contributed by atoms with van der Waals surface area (Å²) in [5, 5.41) is 8.86. The van der Waals surface area contributed by atoms with Gasteiger partial charge in [-0.15, -0.1) is 0 Å². The number of nitrogens with one attached hydrogen (secondary N) is 3. The Hall–Kier alpha value is -1.30. The second-order valence-corrected chi connectivity index (χ2v) is 6.14. The van der Waals surface area contributed by atoms with Crippen molar-refractivity contribution in [3.8, 4) is 0 Å². The highest BCUT2D eigenvalue weighted by molar-refractivity contribution is 5.85. The van der Waals surface area contributed by atoms with Crippen molar-refractivity contribution in [2.75, 3.05) is 13.1 Å². The van der Waals surface area contributed by atoms with E-state index in [1.165, 1.54) is 0 Å². The van der Waals surface area contributed by atoms with Crippen LogP contribution in [0.15, 0.2) is 0 Å². The van der Waals surface area contributed by atoms with E-state index in [1.54, 1.807) is 20.8 Å². The summed E-state index contributed by atoms with van der Waals surface area (Å²) in [4.78, 5) is 23.8. The van der Waals surface area contributed by atoms with Crippen molar-refractivity contribution in [2.24, 2.45) is 0 Å². The van der Waals surface area contributed by atoms with Gasteiger partial charge in [0.1, 0.15) is 11.6 Å². The first kappa shape index (κ1) is 16.8. The van der Waals surface area contributed by atoms with Gasteiger partial charge in [-0.05, 0) is 53.1 Å². The van der Waals surface area contributed by atoms with Crippen LogP contribution in [-0.2, 0) is 9.53 Å². The van der Waals surface area contributed by atoms with E-state index in [4.69, 9.17) is 4.74 Å². The number of alkyl carbamates (subject to hydrolysis) is 1. The Bertz CT molecular complexity index is 333. The third-order valence-corrected chi connectivity index (χ3v) is 3.10. The van der Waals surface area contributed by atoms with Crippen LogP contribution in [0.2, 0.25) is 0 Å². The molecule has 6 heteroatoms. The maximum Gasteiger partial charge on any atom is 0.408 e. The minimum atomic E-state index is -0.562. The van der Waals surface area contributed by atoms with Gasteiger partial charge in [-0.2, -0.15) is 0 Å². The quantitative estimate of drug-likeness (QED) is 0.724. The van der Waals surface area contributed by atoms with Gasteiger partial charge in [0.25, 0.3) is 0 Å². The van der Waals surface area contributed by atoms with Crippen LogP contribution in [0, 0.1) is 0 Å². The monoisotopic (exact) mass is 285 g/mol. The van der Waals surface area contributed by atoms with Crippen molar-refractivity contribution in [2.45, 2.75) is 64.6 Å². The Morgan fingerprint density at radius 3 is 2.40 bits per heavy atom. The van der Waals surface area contributed by atoms with Crippen molar-refractivity contribution in [1.82, 2.24) is 16.0 Å². The zero-order valence-electron chi connectivity index (χ0n) is 12.9. The van der Waals surface area contributed by atoms with Crippen LogP contribution < -0.4 is 16.0 Å². The molecule has 116 valence electrons. The number of rotatable bonds is 4. The molecule has 0 aromatic rings. The molecule has 0 aromatic carbocycles. The third kappa shape index (κ3) is 6.23. The molecule has 1 saturated heterocycles. The van der Waals surface area contributed by atoms with Crippen molar-refractivity contribution in [1.29, 1.82) is 0 Å². The minimum Gasteiger partial charge on any atom is -0.444 e. The van der Waals surface area contributed by atoms with Crippen molar-refractivity contribution in [3.05, 3.63) is 0 Å². The fourth-order valence-electron chi connectivity index (χ4n) is 2.07. The van der Waals surface area contributed by atoms with Gasteiger partial charge >= 0.3 is 6.09 Å². The summed E-state index contributed by atoms with van der Waals surface area (Å²) in [6.07, 6.45) is 1.84. The molecule has 1 aliphatic heterocycles. The summed E-state index contributed by atoms with van der Waals surface area (Å²) in [6, 6.07) is -0.349. The van der Waals surface area contributed by atoms with Crippen LogP contribution in [0.5, 0.6) is 0 Å². The Morgan fingerprint density at radius 1 is 1.30 bits per heavy atom. The van der Waals surface area contributed by atoms with Gasteiger partial charge in [-0.1, -0.05) is 6.92 Å². The number of ether oxygens (including phenoxy) is 1. The van der Waals surface area contributed by atoms with E-state index in [-0.39, 0.29) is 11.9 Å². The molecule has 20 heavy (non-hydrogen) atoms. The molecule has 1 rings (SSSR count). The summed E-state index contributed by atoms with van der Waals surface area (Å²) in [6.45, 7) is 9.08. The van der Waals surface area contributed by atoms with Gasteiger partial charge < -0.3 is 20.7 Å². The van der Waals surface area contributed by atoms with Crippen LogP contribution in [0.25, 0.3) is 0 Å². The molecule has 1 fully saturated rings. The minimum absolute atomic E-state index is 0.134. The zero-order chi connectivity index (χ0) is 15.2. The molecular formula is C14H27N3O3. The molecule has 0 bridgehead atoms. The van der Waals surface area contributed by atoms with E-state index >= 15 is 0 Å². The zero-order valence-corrected chi connectivity index (χ0v) is 12.9. The normalized spacial score (nSPS) is 18.2. The number of piperidine rings is 1. The Kier molecular flexibility index (Phi) is 6.26. The molecule has 0 aliphatic carbocycles. The van der Waals surface area contributed by atoms with Gasteiger partial charge in [0.15, 0.2) is 0 Å². The Morgan fingerprint density at radius 2 is 1.90 bits per heavy atom. The van der Waals surface area contributed by atoms with E-state index < -0.39 is 17.7 Å². The SMILES string of the molecule is CC[C@H](NC(=O)OC(C)(C)C)C(=O)NC1CCNCC1. The van der Waals surface area contributed by atoms with Gasteiger partial charge in [-0.3, -0.25) is 4.79 Å². The molecule has 1 atom stereocenters. The predicted molar refractivity (Wildman–Crippen MR) is 77.5 cm³/mol. The van der Waals surface area contributed by atoms with Gasteiger partial charge in [0.2, 0.25) is 5.91 Å². The number of hydrogen-bond donors (Lipinski definition) is 3. The van der Waals surface area contributed by atoms with E-state index in [2.05, 4.69) is 16.0 Å². The number of carbonyl (C=O) groups is 2. The first-order chi connectivity index (χ1) is 9.31. The Balaban J connectivity index is 2.43. The molecule has 0 aromatic heterocycles. The van der Waals surface area contributed by atoms with Gasteiger partial charge in [0, 0.05) is 6.04 Å². The van der Waals surface area contributed by atoms with Gasteiger partial charge in [-0.25, -0.2) is 4.79 Å². The molecule has 2 amide bonds. The number of amides is 2. The molecule has 3 N–H and O–H groups in total. The molecule has 0 spiro atoms. The molecule has 1 aliphatic rings. The molecular weight excluding hydrogens is 258 g/mol. The van der Waals surface area contributed by atoms with E-state index in [9.17, 15) is 9.59 Å². The lowest BCUT2D eigenvalue weighted by Gasteiger charge is -2.27. The summed E-state index contributed by atoms with van der Waals surface area (Å²) in [7, 11) is 0. The molecule has 1 heterocycles. The highest BCUT2D eigenvalue weighted by atomic mass is 16.6. The van der Waals surface area contributed by atoms with Crippen molar-refractivity contribution in [3.63, 3.8) is 0 Å². The lowest BCUT2D eigenvalue weighted by atomic mass is 10.1. The van der Waals surface area contributed by atoms with Crippen LogP contribution >= 0.6 is 0 Å². The summed E-state index contributed by atoms with van der Waals surface area (Å²) in [5.74, 6) is -0.134. The maximum absolute atomic E-state index is 12.1. The van der Waals surface area contributed by atoms with Crippen LogP contribution in [0.4, 0.5) is 4.79 Å². The van der Waals surface area contributed by atoms with E-state index in [1.807, 2.05) is 6.92 Å². The highest BCUT2D eigenvalue weighted by Gasteiger charge is 2.25. The topological polar surface area (TPSA) is 79.5 Å². The molecule has 0 radical (unpaired) electrons. The van der Waals surface area contributed by atoms with Crippen LogP contribution in [0.1, 0.15) is 47.0 Å². The largest absolute Gasteiger partial charge is 0.444 e. The number of hydrogen-bond acceptors (Lipinski definition) is 4. The van der Waals surface area contributed by atoms with E-state index in [0.717, 1.165) is 25.9 Å². The fraction of sp³-hybridized carbons (Fsp3) is 0.857. The lowest BCUT2D eigenvalue weighted by molar-refractivity contribution is -0.124. The van der Waals surface area contributed by atoms with Crippen molar-refractivity contribution < 1.29 is 14.3 Å². The summed E-state index contributed by atoms with van der Waals surface area (Å²) < 4.78 is 5.17. The first-order valence-corrected chi connectivity index (χ1v) is 7.32. The predicted octanol–water partition coefficient (Wildman–Crippen LogP) is 1.16. The third-order valence-electron chi connectivity index (χ3n) is 3.10. The fourth-order valence-corrected chi connectivity index (χ4v) is 2.07. The average molecular weight is 285 g/mol. The van der Waals surface area contributed by atoms with Crippen molar-refractivity contribution >= 4 is 12.0 Å².